The summed E-state index contributed by atoms with van der Waals surface area (Å²) < 4.78 is 13.3. The van der Waals surface area contributed by atoms with Crippen LogP contribution in [-0.4, -0.2) is 33.2 Å². The fraction of sp³-hybridized carbons (Fsp3) is 0.0417. The van der Waals surface area contributed by atoms with Crippen LogP contribution in [0.2, 0.25) is 5.02 Å². The molecule has 0 unspecified atom stereocenters. The molecule has 0 bridgehead atoms. The molecule has 2 amide bonds. The summed E-state index contributed by atoms with van der Waals surface area (Å²) in [4.78, 5) is 29.7. The third kappa shape index (κ3) is 6.75. The van der Waals surface area contributed by atoms with Gasteiger partial charge in [-0.25, -0.2) is 14.8 Å². The fourth-order valence-electron chi connectivity index (χ4n) is 3.04. The zero-order valence-electron chi connectivity index (χ0n) is 18.0. The summed E-state index contributed by atoms with van der Waals surface area (Å²) in [6, 6.07) is 17.4. The van der Waals surface area contributed by atoms with E-state index in [1.54, 1.807) is 30.3 Å². The molecule has 11 heteroatoms. The fourth-order valence-corrected chi connectivity index (χ4v) is 3.93. The van der Waals surface area contributed by atoms with E-state index in [0.29, 0.717) is 27.1 Å². The average Bonchev–Trinajstić information content (AvgIpc) is 3.38. The van der Waals surface area contributed by atoms with Crippen LogP contribution in [0.5, 0.6) is 0 Å². The van der Waals surface area contributed by atoms with Crippen LogP contribution in [0.4, 0.5) is 10.1 Å². The quantitative estimate of drug-likeness (QED) is 0.178. The zero-order valence-corrected chi connectivity index (χ0v) is 19.6. The number of carbonyl (C=O) groups excluding carboxylic acids is 2. The topological polar surface area (TPSA) is 112 Å². The van der Waals surface area contributed by atoms with Gasteiger partial charge in [-0.2, -0.15) is 10.2 Å². The first kappa shape index (κ1) is 24.1. The second-order valence-corrected chi connectivity index (χ2v) is 8.58. The van der Waals surface area contributed by atoms with E-state index in [1.807, 2.05) is 6.07 Å². The molecule has 0 aliphatic rings. The van der Waals surface area contributed by atoms with E-state index in [2.05, 4.69) is 31.0 Å². The van der Waals surface area contributed by atoms with Crippen molar-refractivity contribution in [2.75, 3.05) is 5.32 Å². The third-order valence-corrected chi connectivity index (χ3v) is 5.84. The van der Waals surface area contributed by atoms with Gasteiger partial charge < -0.3 is 5.32 Å². The number of nitrogens with one attached hydrogen (secondary N) is 3. The van der Waals surface area contributed by atoms with Crippen LogP contribution in [-0.2, 0) is 5.75 Å². The lowest BCUT2D eigenvalue weighted by Gasteiger charge is -2.11. The Morgan fingerprint density at radius 3 is 2.74 bits per heavy atom. The number of aromatic amines is 1. The van der Waals surface area contributed by atoms with E-state index in [4.69, 9.17) is 11.6 Å². The van der Waals surface area contributed by atoms with Crippen molar-refractivity contribution in [3.8, 4) is 0 Å². The first-order chi connectivity index (χ1) is 17.0. The smallest absolute Gasteiger partial charge is 0.273 e. The molecule has 1 heterocycles. The maximum Gasteiger partial charge on any atom is 0.273 e. The summed E-state index contributed by atoms with van der Waals surface area (Å²) in [5.74, 6) is -0.807. The molecule has 3 aromatic carbocycles. The number of hydrogen-bond donors (Lipinski definition) is 3. The lowest BCUT2D eigenvalue weighted by molar-refractivity contribution is 0.0956. The van der Waals surface area contributed by atoms with Crippen molar-refractivity contribution in [3.05, 3.63) is 106 Å². The van der Waals surface area contributed by atoms with Gasteiger partial charge in [-0.15, -0.1) is 0 Å². The minimum atomic E-state index is -0.590. The molecule has 0 saturated heterocycles. The molecule has 8 nitrogen and oxygen atoms in total. The van der Waals surface area contributed by atoms with Gasteiger partial charge >= 0.3 is 0 Å². The molecule has 0 fully saturated rings. The number of benzene rings is 3. The van der Waals surface area contributed by atoms with E-state index in [9.17, 15) is 14.0 Å². The Balaban J connectivity index is 1.45. The Kier molecular flexibility index (Phi) is 7.86. The zero-order chi connectivity index (χ0) is 24.6. The predicted molar refractivity (Wildman–Crippen MR) is 133 cm³/mol. The standard InChI is InChI=1S/C24H18ClFN6O2S/c25-18-7-8-21(20(11-18)23(34)31-28-12-15-3-2-6-19(26)10-15)30-22(33)17-5-1-4-16(9-17)13-35-24-27-14-29-32-24/h1-12,14H,13H2,(H,30,33)(H,31,34)(H,27,29,32). The first-order valence-corrected chi connectivity index (χ1v) is 11.6. The number of amides is 2. The van der Waals surface area contributed by atoms with Crippen LogP contribution in [0.3, 0.4) is 0 Å². The van der Waals surface area contributed by atoms with Gasteiger partial charge in [0.05, 0.1) is 17.5 Å². The molecule has 176 valence electrons. The molecular formula is C24H18ClFN6O2S. The lowest BCUT2D eigenvalue weighted by atomic mass is 10.1. The second kappa shape index (κ2) is 11.4. The van der Waals surface area contributed by atoms with E-state index >= 15 is 0 Å². The summed E-state index contributed by atoms with van der Waals surface area (Å²) in [5.41, 5.74) is 4.57. The molecule has 4 aromatic rings. The number of carbonyl (C=O) groups is 2. The van der Waals surface area contributed by atoms with E-state index in [0.717, 1.165) is 5.56 Å². The van der Waals surface area contributed by atoms with E-state index in [1.165, 1.54) is 54.6 Å². The summed E-state index contributed by atoms with van der Waals surface area (Å²) >= 11 is 7.53. The molecule has 4 rings (SSSR count). The first-order valence-electron chi connectivity index (χ1n) is 10.2. The molecule has 1 aromatic heterocycles. The Labute approximate surface area is 209 Å². The van der Waals surface area contributed by atoms with Crippen molar-refractivity contribution in [3.63, 3.8) is 0 Å². The molecule has 3 N–H and O–H groups in total. The van der Waals surface area contributed by atoms with Gasteiger partial charge in [0.1, 0.15) is 12.1 Å². The van der Waals surface area contributed by atoms with Crippen LogP contribution in [0.15, 0.2) is 83.3 Å². The van der Waals surface area contributed by atoms with Gasteiger partial charge in [0.2, 0.25) is 0 Å². The highest BCUT2D eigenvalue weighted by Crippen LogP contribution is 2.23. The number of thioether (sulfide) groups is 1. The van der Waals surface area contributed by atoms with Gasteiger partial charge in [-0.05, 0) is 53.6 Å². The largest absolute Gasteiger partial charge is 0.321 e. The van der Waals surface area contributed by atoms with Gasteiger partial charge in [0.25, 0.3) is 11.8 Å². The molecule has 0 saturated carbocycles. The molecule has 35 heavy (non-hydrogen) atoms. The van der Waals surface area contributed by atoms with Crippen LogP contribution >= 0.6 is 23.4 Å². The Bertz CT molecular complexity index is 1380. The van der Waals surface area contributed by atoms with Crippen molar-refractivity contribution < 1.29 is 14.0 Å². The molecule has 0 atom stereocenters. The Morgan fingerprint density at radius 2 is 1.94 bits per heavy atom. The Morgan fingerprint density at radius 1 is 1.09 bits per heavy atom. The van der Waals surface area contributed by atoms with Gasteiger partial charge in [-0.3, -0.25) is 14.7 Å². The maximum atomic E-state index is 13.3. The van der Waals surface area contributed by atoms with E-state index in [-0.39, 0.29) is 11.3 Å². The minimum Gasteiger partial charge on any atom is -0.321 e. The van der Waals surface area contributed by atoms with Gasteiger partial charge in [0.15, 0.2) is 5.16 Å². The SMILES string of the molecule is O=C(Nc1ccc(Cl)cc1C(=O)NN=Cc1cccc(F)c1)c1cccc(CSc2ncn[nH]2)c1. The average molecular weight is 509 g/mol. The highest BCUT2D eigenvalue weighted by atomic mass is 35.5. The van der Waals surface area contributed by atoms with Crippen molar-refractivity contribution in [1.82, 2.24) is 20.6 Å². The summed E-state index contributed by atoms with van der Waals surface area (Å²) in [6.45, 7) is 0. The predicted octanol–water partition coefficient (Wildman–Crippen LogP) is 4.91. The normalized spacial score (nSPS) is 10.9. The van der Waals surface area contributed by atoms with Crippen molar-refractivity contribution in [2.24, 2.45) is 5.10 Å². The second-order valence-electron chi connectivity index (χ2n) is 7.18. The lowest BCUT2D eigenvalue weighted by Crippen LogP contribution is -2.21. The summed E-state index contributed by atoms with van der Waals surface area (Å²) in [5, 5.41) is 14.2. The number of H-pyrrole nitrogens is 1. The molecule has 0 aliphatic carbocycles. The third-order valence-electron chi connectivity index (χ3n) is 4.66. The van der Waals surface area contributed by atoms with Gasteiger partial charge in [0, 0.05) is 16.3 Å². The summed E-state index contributed by atoms with van der Waals surface area (Å²) in [7, 11) is 0. The number of hydrogen-bond acceptors (Lipinski definition) is 6. The summed E-state index contributed by atoms with van der Waals surface area (Å²) in [6.07, 6.45) is 2.74. The maximum absolute atomic E-state index is 13.3. The molecule has 0 radical (unpaired) electrons. The number of halogens is 2. The number of nitrogens with zero attached hydrogens (tertiary/aromatic N) is 3. The van der Waals surface area contributed by atoms with Crippen LogP contribution < -0.4 is 10.7 Å². The van der Waals surface area contributed by atoms with Gasteiger partial charge in [-0.1, -0.05) is 47.6 Å². The van der Waals surface area contributed by atoms with Crippen LogP contribution in [0, 0.1) is 5.82 Å². The van der Waals surface area contributed by atoms with Crippen molar-refractivity contribution >= 4 is 47.1 Å². The number of anilines is 1. The van der Waals surface area contributed by atoms with E-state index < -0.39 is 17.6 Å². The molecular weight excluding hydrogens is 491 g/mol. The van der Waals surface area contributed by atoms with Crippen LogP contribution in [0.25, 0.3) is 0 Å². The number of rotatable bonds is 8. The van der Waals surface area contributed by atoms with Crippen molar-refractivity contribution in [2.45, 2.75) is 10.9 Å². The van der Waals surface area contributed by atoms with Crippen LogP contribution in [0.1, 0.15) is 31.8 Å². The highest BCUT2D eigenvalue weighted by Gasteiger charge is 2.15. The number of hydrazone groups is 1. The minimum absolute atomic E-state index is 0.124. The Hall–Kier alpha value is -4.02. The highest BCUT2D eigenvalue weighted by molar-refractivity contribution is 7.98. The number of aromatic nitrogens is 3. The molecule has 0 spiro atoms. The molecule has 0 aliphatic heterocycles. The van der Waals surface area contributed by atoms with Crippen molar-refractivity contribution in [1.29, 1.82) is 0 Å². The monoisotopic (exact) mass is 508 g/mol.